The Hall–Kier alpha value is -3.37. The minimum absolute atomic E-state index is 0.0433. The fourth-order valence-corrected chi connectivity index (χ4v) is 5.05. The van der Waals surface area contributed by atoms with Gasteiger partial charge in [0, 0.05) is 20.9 Å². The van der Waals surface area contributed by atoms with Crippen LogP contribution in [0.1, 0.15) is 29.4 Å². The van der Waals surface area contributed by atoms with Gasteiger partial charge in [-0.25, -0.2) is 4.98 Å². The Labute approximate surface area is 227 Å². The normalized spacial score (nSPS) is 12.1. The molecular formula is C27H24ClIN6O. The Balaban J connectivity index is 1.39. The smallest absolute Gasteiger partial charge is 0.220 e. The Morgan fingerprint density at radius 1 is 1.06 bits per heavy atom. The predicted octanol–water partition coefficient (Wildman–Crippen LogP) is 5.83. The first-order valence-corrected chi connectivity index (χ1v) is 13.0. The monoisotopic (exact) mass is 610 g/mol. The number of hydrogen-bond acceptors (Lipinski definition) is 4. The number of H-pyrrole nitrogens is 2. The lowest BCUT2D eigenvalue weighted by Crippen LogP contribution is -2.31. The molecule has 5 N–H and O–H groups in total. The number of aromatic amines is 2. The molecule has 3 aromatic carbocycles. The fraction of sp³-hybridized carbons (Fsp3) is 0.148. The summed E-state index contributed by atoms with van der Waals surface area (Å²) in [6, 6.07) is 23.5. The zero-order valence-corrected chi connectivity index (χ0v) is 22.2. The van der Waals surface area contributed by atoms with Crippen LogP contribution < -0.4 is 11.1 Å². The van der Waals surface area contributed by atoms with Gasteiger partial charge in [-0.2, -0.15) is 5.10 Å². The number of hydrogen-bond donors (Lipinski definition) is 4. The van der Waals surface area contributed by atoms with E-state index in [1.54, 1.807) is 0 Å². The molecule has 7 nitrogen and oxygen atoms in total. The van der Waals surface area contributed by atoms with Crippen LogP contribution in [-0.2, 0) is 17.6 Å². The lowest BCUT2D eigenvalue weighted by molar-refractivity contribution is -0.121. The molecule has 9 heteroatoms. The van der Waals surface area contributed by atoms with Crippen LogP contribution in [0, 0.1) is 3.57 Å². The molecule has 0 saturated carbocycles. The van der Waals surface area contributed by atoms with Crippen molar-refractivity contribution in [1.82, 2.24) is 25.5 Å². The van der Waals surface area contributed by atoms with Crippen LogP contribution in [0.25, 0.3) is 22.2 Å². The van der Waals surface area contributed by atoms with Crippen molar-refractivity contribution < 1.29 is 4.79 Å². The van der Waals surface area contributed by atoms with Crippen molar-refractivity contribution in [2.45, 2.75) is 25.3 Å². The quantitative estimate of drug-likeness (QED) is 0.166. The van der Waals surface area contributed by atoms with E-state index in [0.29, 0.717) is 41.8 Å². The lowest BCUT2D eigenvalue weighted by atomic mass is 10.0. The predicted molar refractivity (Wildman–Crippen MR) is 152 cm³/mol. The van der Waals surface area contributed by atoms with E-state index in [2.05, 4.69) is 49.2 Å². The van der Waals surface area contributed by atoms with Crippen LogP contribution in [0.5, 0.6) is 0 Å². The van der Waals surface area contributed by atoms with Crippen LogP contribution >= 0.6 is 34.2 Å². The molecule has 36 heavy (non-hydrogen) atoms. The second-order valence-electron chi connectivity index (χ2n) is 8.59. The van der Waals surface area contributed by atoms with Gasteiger partial charge in [-0.15, -0.1) is 0 Å². The molecule has 0 bridgehead atoms. The Bertz CT molecular complexity index is 1510. The summed E-state index contributed by atoms with van der Waals surface area (Å²) in [6.45, 7) is 0. The second-order valence-corrected chi connectivity index (χ2v) is 10.2. The molecule has 1 atom stereocenters. The van der Waals surface area contributed by atoms with Gasteiger partial charge < -0.3 is 16.0 Å². The van der Waals surface area contributed by atoms with Crippen LogP contribution in [0.4, 0.5) is 5.82 Å². The molecule has 2 heterocycles. The molecule has 0 unspecified atom stereocenters. The summed E-state index contributed by atoms with van der Waals surface area (Å²) < 4.78 is 1.15. The van der Waals surface area contributed by atoms with Gasteiger partial charge >= 0.3 is 0 Å². The highest BCUT2D eigenvalue weighted by Gasteiger charge is 2.22. The average Bonchev–Trinajstić information content (AvgIpc) is 3.45. The van der Waals surface area contributed by atoms with Gasteiger partial charge in [0.05, 0.1) is 11.6 Å². The lowest BCUT2D eigenvalue weighted by Gasteiger charge is -2.17. The highest BCUT2D eigenvalue weighted by Crippen LogP contribution is 2.31. The molecule has 182 valence electrons. The number of aryl methyl sites for hydroxylation is 1. The Morgan fingerprint density at radius 3 is 2.67 bits per heavy atom. The van der Waals surface area contributed by atoms with Gasteiger partial charge in [-0.3, -0.25) is 9.89 Å². The maximum absolute atomic E-state index is 13.0. The summed E-state index contributed by atoms with van der Waals surface area (Å²) in [5.41, 5.74) is 10.3. The maximum atomic E-state index is 13.0. The average molecular weight is 611 g/mol. The second kappa shape index (κ2) is 10.7. The van der Waals surface area contributed by atoms with Crippen molar-refractivity contribution >= 4 is 56.8 Å². The summed E-state index contributed by atoms with van der Waals surface area (Å²) in [6.07, 6.45) is 1.62. The van der Waals surface area contributed by atoms with Crippen molar-refractivity contribution in [3.8, 4) is 11.3 Å². The highest BCUT2D eigenvalue weighted by molar-refractivity contribution is 14.1. The third-order valence-corrected chi connectivity index (χ3v) is 6.97. The van der Waals surface area contributed by atoms with Gasteiger partial charge in [-0.1, -0.05) is 60.1 Å². The van der Waals surface area contributed by atoms with E-state index in [9.17, 15) is 4.79 Å². The van der Waals surface area contributed by atoms with E-state index < -0.39 is 0 Å². The summed E-state index contributed by atoms with van der Waals surface area (Å²) >= 11 is 8.87. The highest BCUT2D eigenvalue weighted by atomic mass is 127. The SMILES string of the molecule is Nc1n[nH]c2cc(-c3nc([C@H](Cc4ccccc4)NC(=O)CCc4cccc(I)c4)[nH]c3Cl)ccc12. The van der Waals surface area contributed by atoms with E-state index in [1.807, 2.05) is 66.7 Å². The van der Waals surface area contributed by atoms with Crippen LogP contribution in [-0.4, -0.2) is 26.1 Å². The number of anilines is 1. The number of nitrogens with zero attached hydrogens (tertiary/aromatic N) is 2. The molecule has 2 aromatic heterocycles. The number of fused-ring (bicyclic) bond motifs is 1. The Morgan fingerprint density at radius 2 is 1.86 bits per heavy atom. The molecule has 0 radical (unpaired) electrons. The fourth-order valence-electron chi connectivity index (χ4n) is 4.20. The van der Waals surface area contributed by atoms with Crippen molar-refractivity contribution in [1.29, 1.82) is 0 Å². The zero-order chi connectivity index (χ0) is 25.1. The molecule has 5 aromatic rings. The van der Waals surface area contributed by atoms with E-state index in [0.717, 1.165) is 31.2 Å². The largest absolute Gasteiger partial charge is 0.382 e. The van der Waals surface area contributed by atoms with Gasteiger partial charge in [0.2, 0.25) is 5.91 Å². The maximum Gasteiger partial charge on any atom is 0.220 e. The molecular weight excluding hydrogens is 587 g/mol. The first kappa shape index (κ1) is 24.3. The summed E-state index contributed by atoms with van der Waals surface area (Å²) in [5, 5.41) is 11.4. The number of halogens is 2. The van der Waals surface area contributed by atoms with Gasteiger partial charge in [-0.05, 0) is 70.8 Å². The molecule has 0 spiro atoms. The van der Waals surface area contributed by atoms with Crippen molar-refractivity contribution in [2.24, 2.45) is 0 Å². The molecule has 0 aliphatic heterocycles. The van der Waals surface area contributed by atoms with Crippen LogP contribution in [0.15, 0.2) is 72.8 Å². The van der Waals surface area contributed by atoms with Gasteiger partial charge in [0.25, 0.3) is 0 Å². The van der Waals surface area contributed by atoms with E-state index in [4.69, 9.17) is 22.3 Å². The minimum atomic E-state index is -0.367. The van der Waals surface area contributed by atoms with E-state index in [1.165, 1.54) is 0 Å². The van der Waals surface area contributed by atoms with Gasteiger partial charge in [0.1, 0.15) is 16.7 Å². The van der Waals surface area contributed by atoms with Crippen LogP contribution in [0.2, 0.25) is 5.15 Å². The topological polar surface area (TPSA) is 112 Å². The molecule has 1 amide bonds. The number of imidazole rings is 1. The molecule has 0 fully saturated rings. The van der Waals surface area contributed by atoms with E-state index in [-0.39, 0.29) is 11.9 Å². The number of amides is 1. The number of nitrogen functional groups attached to an aromatic ring is 1. The zero-order valence-electron chi connectivity index (χ0n) is 19.3. The number of rotatable bonds is 8. The summed E-state index contributed by atoms with van der Waals surface area (Å²) in [4.78, 5) is 21.0. The van der Waals surface area contributed by atoms with Crippen molar-refractivity contribution in [2.75, 3.05) is 5.73 Å². The number of nitrogens with one attached hydrogen (secondary N) is 3. The van der Waals surface area contributed by atoms with E-state index >= 15 is 0 Å². The summed E-state index contributed by atoms with van der Waals surface area (Å²) in [7, 11) is 0. The minimum Gasteiger partial charge on any atom is -0.382 e. The Kier molecular flexibility index (Phi) is 7.24. The third kappa shape index (κ3) is 5.55. The number of aromatic nitrogens is 4. The first-order chi connectivity index (χ1) is 17.5. The molecule has 0 aliphatic rings. The molecule has 0 saturated heterocycles. The van der Waals surface area contributed by atoms with Crippen molar-refractivity contribution in [3.63, 3.8) is 0 Å². The molecule has 5 rings (SSSR count). The number of carbonyl (C=O) groups excluding carboxylic acids is 1. The number of carbonyl (C=O) groups is 1. The number of benzene rings is 3. The van der Waals surface area contributed by atoms with Gasteiger partial charge in [0.15, 0.2) is 5.82 Å². The van der Waals surface area contributed by atoms with Crippen molar-refractivity contribution in [3.05, 3.63) is 98.5 Å². The number of nitrogens with two attached hydrogens (primary N) is 1. The molecule has 0 aliphatic carbocycles. The summed E-state index contributed by atoms with van der Waals surface area (Å²) in [5.74, 6) is 1.00. The van der Waals surface area contributed by atoms with Crippen LogP contribution in [0.3, 0.4) is 0 Å². The standard InChI is InChI=1S/C27H24ClIN6O/c28-25-24(18-10-11-20-21(15-18)34-35-26(20)30)32-27(33-25)22(14-16-5-2-1-3-6-16)31-23(36)12-9-17-7-4-8-19(29)13-17/h1-8,10-11,13,15,22H,9,12,14H2,(H,31,36)(H,32,33)(H3,30,34,35)/t22-/m0/s1. The first-order valence-electron chi connectivity index (χ1n) is 11.5. The third-order valence-electron chi connectivity index (χ3n) is 6.02.